The van der Waals surface area contributed by atoms with Gasteiger partial charge in [0.25, 0.3) is 0 Å². The molecule has 3 aromatic rings. The molecular formula is C29H18ClN2O4P. The average Bonchev–Trinajstić information content (AvgIpc) is 2.95. The first-order valence-corrected chi connectivity index (χ1v) is 13.2. The molecule has 180 valence electrons. The van der Waals surface area contributed by atoms with Gasteiger partial charge in [-0.3, -0.25) is 9.59 Å². The van der Waals surface area contributed by atoms with Crippen LogP contribution < -0.4 is 15.9 Å². The highest BCUT2D eigenvalue weighted by atomic mass is 35.5. The van der Waals surface area contributed by atoms with E-state index in [9.17, 15) is 24.9 Å². The van der Waals surface area contributed by atoms with Gasteiger partial charge in [-0.25, -0.2) is 4.79 Å². The van der Waals surface area contributed by atoms with Gasteiger partial charge in [0.15, 0.2) is 0 Å². The van der Waals surface area contributed by atoms with Crippen molar-refractivity contribution < 1.29 is 19.1 Å². The molecule has 0 unspecified atom stereocenters. The molecule has 4 rings (SSSR count). The normalized spacial score (nSPS) is 13.6. The Kier molecular flexibility index (Phi) is 7.37. The predicted octanol–water partition coefficient (Wildman–Crippen LogP) is 3.31. The van der Waals surface area contributed by atoms with Crippen molar-refractivity contribution in [2.24, 2.45) is 0 Å². The van der Waals surface area contributed by atoms with Crippen LogP contribution in [0.3, 0.4) is 0 Å². The van der Waals surface area contributed by atoms with Crippen molar-refractivity contribution >= 4 is 57.2 Å². The number of allylic oxidation sites excluding steroid dienone is 3. The van der Waals surface area contributed by atoms with Gasteiger partial charge in [0.1, 0.15) is 28.3 Å². The first-order chi connectivity index (χ1) is 17.9. The standard InChI is InChI=1S/C29H18ClN2O4P/c1-36-29(35)28(24-25(30)27(34)23(18-32)22(17-31)26(24)33)37(19-11-5-2-6-12-19,20-13-7-3-8-14-20)21-15-9-4-10-16-21/h2-16H,1H3. The fraction of sp³-hybridized carbons (Fsp3) is 0.0345. The SMILES string of the molecule is COC(=O)C(C1=C(Cl)C(=O)C(C#N)=C(C#N)C1=O)=P(c1ccccc1)(c1ccccc1)c1ccccc1. The van der Waals surface area contributed by atoms with Crippen molar-refractivity contribution in [1.82, 2.24) is 0 Å². The second kappa shape index (κ2) is 10.6. The molecule has 0 fully saturated rings. The lowest BCUT2D eigenvalue weighted by atomic mass is 9.89. The zero-order chi connectivity index (χ0) is 26.6. The lowest BCUT2D eigenvalue weighted by Crippen LogP contribution is -2.38. The van der Waals surface area contributed by atoms with Crippen LogP contribution in [0.5, 0.6) is 0 Å². The number of rotatable bonds is 5. The summed E-state index contributed by atoms with van der Waals surface area (Å²) < 4.78 is 5.22. The number of methoxy groups -OCH3 is 1. The van der Waals surface area contributed by atoms with E-state index in [1.165, 1.54) is 7.11 Å². The number of ether oxygens (including phenoxy) is 1. The molecule has 0 radical (unpaired) electrons. The minimum atomic E-state index is -3.26. The van der Waals surface area contributed by atoms with Gasteiger partial charge in [0, 0.05) is 0 Å². The summed E-state index contributed by atoms with van der Waals surface area (Å²) in [6.45, 7) is -3.26. The molecule has 0 aromatic heterocycles. The van der Waals surface area contributed by atoms with Gasteiger partial charge in [0.2, 0.25) is 11.6 Å². The summed E-state index contributed by atoms with van der Waals surface area (Å²) in [5, 5.41) is 20.5. The van der Waals surface area contributed by atoms with E-state index >= 15 is 0 Å². The van der Waals surface area contributed by atoms with Gasteiger partial charge in [-0.1, -0.05) is 103 Å². The van der Waals surface area contributed by atoms with E-state index in [1.807, 2.05) is 91.0 Å². The molecule has 1 aliphatic carbocycles. The summed E-state index contributed by atoms with van der Waals surface area (Å²) in [5.74, 6) is -2.85. The van der Waals surface area contributed by atoms with E-state index < -0.39 is 46.2 Å². The van der Waals surface area contributed by atoms with Crippen LogP contribution in [-0.2, 0) is 19.1 Å². The van der Waals surface area contributed by atoms with Crippen molar-refractivity contribution in [3.05, 3.63) is 113 Å². The number of esters is 1. The molecule has 0 heterocycles. The van der Waals surface area contributed by atoms with Crippen LogP contribution in [0.15, 0.2) is 113 Å². The van der Waals surface area contributed by atoms with Crippen molar-refractivity contribution in [1.29, 1.82) is 10.5 Å². The van der Waals surface area contributed by atoms with Crippen LogP contribution in [0.1, 0.15) is 0 Å². The Hall–Kier alpha value is -4.48. The fourth-order valence-electron chi connectivity index (χ4n) is 4.39. The van der Waals surface area contributed by atoms with Crippen molar-refractivity contribution in [2.75, 3.05) is 7.11 Å². The summed E-state index contributed by atoms with van der Waals surface area (Å²) >= 11 is 6.49. The Morgan fingerprint density at radius 2 is 1.11 bits per heavy atom. The molecule has 0 saturated carbocycles. The van der Waals surface area contributed by atoms with Crippen molar-refractivity contribution in [3.8, 4) is 12.1 Å². The first-order valence-electron chi connectivity index (χ1n) is 11.0. The van der Waals surface area contributed by atoms with Crippen LogP contribution in [-0.4, -0.2) is 29.9 Å². The average molecular weight is 525 g/mol. The molecule has 3 aromatic carbocycles. The van der Waals surface area contributed by atoms with Crippen LogP contribution in [0.25, 0.3) is 0 Å². The lowest BCUT2D eigenvalue weighted by Gasteiger charge is -2.33. The third kappa shape index (κ3) is 4.13. The van der Waals surface area contributed by atoms with Crippen LogP contribution in [0, 0.1) is 22.7 Å². The molecule has 8 heteroatoms. The van der Waals surface area contributed by atoms with Gasteiger partial charge in [-0.05, 0) is 22.8 Å². The number of Topliss-reactive ketones (excluding diaryl/α,β-unsaturated/α-hetero) is 2. The smallest absolute Gasteiger partial charge is 0.339 e. The maximum absolute atomic E-state index is 13.8. The van der Waals surface area contributed by atoms with E-state index in [4.69, 9.17) is 16.3 Å². The number of carbonyl (C=O) groups excluding carboxylic acids is 3. The molecule has 0 spiro atoms. The second-order valence-electron chi connectivity index (χ2n) is 7.84. The second-order valence-corrected chi connectivity index (χ2v) is 11.6. The first kappa shape index (κ1) is 25.6. The van der Waals surface area contributed by atoms with Crippen molar-refractivity contribution in [3.63, 3.8) is 0 Å². The highest BCUT2D eigenvalue weighted by Crippen LogP contribution is 2.49. The highest BCUT2D eigenvalue weighted by Gasteiger charge is 2.43. The van der Waals surface area contributed by atoms with E-state index in [0.717, 1.165) is 0 Å². The molecule has 0 bridgehead atoms. The molecule has 0 atom stereocenters. The molecule has 0 amide bonds. The van der Waals surface area contributed by atoms with Gasteiger partial charge in [-0.2, -0.15) is 10.5 Å². The molecule has 37 heavy (non-hydrogen) atoms. The highest BCUT2D eigenvalue weighted by molar-refractivity contribution is 7.97. The van der Waals surface area contributed by atoms with Crippen LogP contribution in [0.4, 0.5) is 0 Å². The molecule has 0 saturated heterocycles. The van der Waals surface area contributed by atoms with Gasteiger partial charge < -0.3 is 4.74 Å². The van der Waals surface area contributed by atoms with E-state index in [2.05, 4.69) is 0 Å². The summed E-state index contributed by atoms with van der Waals surface area (Å²) in [6.07, 6.45) is 0. The molecule has 1 aliphatic rings. The van der Waals surface area contributed by atoms with E-state index in [1.54, 1.807) is 12.1 Å². The number of nitriles is 2. The number of halogens is 1. The van der Waals surface area contributed by atoms with Gasteiger partial charge in [0.05, 0.1) is 18.0 Å². The lowest BCUT2D eigenvalue weighted by molar-refractivity contribution is -0.132. The zero-order valence-electron chi connectivity index (χ0n) is 19.5. The predicted molar refractivity (Wildman–Crippen MR) is 143 cm³/mol. The maximum Gasteiger partial charge on any atom is 0.339 e. The summed E-state index contributed by atoms with van der Waals surface area (Å²) in [4.78, 5) is 40.6. The van der Waals surface area contributed by atoms with E-state index in [-0.39, 0.29) is 5.29 Å². The number of ketones is 2. The number of nitrogens with zero attached hydrogens (tertiary/aromatic N) is 2. The number of hydrogen-bond acceptors (Lipinski definition) is 6. The molecular weight excluding hydrogens is 507 g/mol. The largest absolute Gasteiger partial charge is 0.465 e. The topological polar surface area (TPSA) is 108 Å². The number of carbonyl (C=O) groups is 3. The fourth-order valence-corrected chi connectivity index (χ4v) is 9.17. The maximum atomic E-state index is 13.8. The minimum Gasteiger partial charge on any atom is -0.465 e. The Balaban J connectivity index is 2.37. The number of benzene rings is 3. The third-order valence-corrected chi connectivity index (χ3v) is 10.6. The third-order valence-electron chi connectivity index (χ3n) is 5.96. The van der Waals surface area contributed by atoms with Crippen LogP contribution >= 0.6 is 18.5 Å². The van der Waals surface area contributed by atoms with E-state index in [0.29, 0.717) is 15.9 Å². The molecule has 6 nitrogen and oxygen atoms in total. The number of hydrogen-bond donors (Lipinski definition) is 0. The van der Waals surface area contributed by atoms with Crippen molar-refractivity contribution in [2.45, 2.75) is 0 Å². The Bertz CT molecular complexity index is 1520. The van der Waals surface area contributed by atoms with Crippen LogP contribution in [0.2, 0.25) is 0 Å². The quantitative estimate of drug-likeness (QED) is 0.288. The monoisotopic (exact) mass is 524 g/mol. The zero-order valence-corrected chi connectivity index (χ0v) is 21.2. The Labute approximate surface area is 218 Å². The Morgan fingerprint density at radius 3 is 1.46 bits per heavy atom. The summed E-state index contributed by atoms with van der Waals surface area (Å²) in [7, 11) is 1.17. The summed E-state index contributed by atoms with van der Waals surface area (Å²) in [5.41, 5.74) is -1.76. The van der Waals surface area contributed by atoms with Gasteiger partial charge in [-0.15, -0.1) is 0 Å². The van der Waals surface area contributed by atoms with Gasteiger partial charge >= 0.3 is 5.97 Å². The summed E-state index contributed by atoms with van der Waals surface area (Å²) in [6, 6.07) is 30.6. The minimum absolute atomic E-state index is 0.133. The molecule has 0 aliphatic heterocycles. The Morgan fingerprint density at radius 1 is 0.730 bits per heavy atom. The molecule has 0 N–H and O–H groups in total.